The Morgan fingerprint density at radius 3 is 2.54 bits per heavy atom. The fourth-order valence-electron chi connectivity index (χ4n) is 3.82. The molecular weight excluding hydrogens is 443 g/mol. The van der Waals surface area contributed by atoms with Crippen LogP contribution in [-0.2, 0) is 6.54 Å². The van der Waals surface area contributed by atoms with E-state index in [1.165, 1.54) is 12.3 Å². The minimum Gasteiger partial charge on any atom is -0.382 e. The summed E-state index contributed by atoms with van der Waals surface area (Å²) in [6, 6.07) is 20.4. The molecule has 0 fully saturated rings. The SMILES string of the molecule is Cc1c(F)ccnc1CNC(=O)c1nc(-c2ccc3ncccc3c2)c(-c2ccccc2)nc1N. The second-order valence-corrected chi connectivity index (χ2v) is 7.98. The monoisotopic (exact) mass is 464 g/mol. The standard InChI is InChI=1S/C27H21FN6O/c1-16-20(28)11-13-31-22(16)15-32-27(35)25-26(29)34-23(17-6-3-2-4-7-17)24(33-25)19-9-10-21-18(14-19)8-5-12-30-21/h2-14H,15H2,1H3,(H2,29,34)(H,32,35). The van der Waals surface area contributed by atoms with Crippen LogP contribution in [-0.4, -0.2) is 25.8 Å². The number of benzene rings is 2. The van der Waals surface area contributed by atoms with E-state index < -0.39 is 5.91 Å². The van der Waals surface area contributed by atoms with E-state index in [1.807, 2.05) is 60.7 Å². The summed E-state index contributed by atoms with van der Waals surface area (Å²) in [6.07, 6.45) is 3.09. The molecule has 3 N–H and O–H groups in total. The van der Waals surface area contributed by atoms with Crippen molar-refractivity contribution in [2.24, 2.45) is 0 Å². The third-order valence-electron chi connectivity index (χ3n) is 5.72. The van der Waals surface area contributed by atoms with E-state index in [-0.39, 0.29) is 23.9 Å². The first-order valence-electron chi connectivity index (χ1n) is 11.0. The van der Waals surface area contributed by atoms with Crippen LogP contribution in [0.4, 0.5) is 10.2 Å². The van der Waals surface area contributed by atoms with Gasteiger partial charge >= 0.3 is 0 Å². The molecule has 0 bridgehead atoms. The number of nitrogens with zero attached hydrogens (tertiary/aromatic N) is 4. The van der Waals surface area contributed by atoms with Crippen molar-refractivity contribution in [3.05, 3.63) is 102 Å². The van der Waals surface area contributed by atoms with Gasteiger partial charge in [-0.25, -0.2) is 14.4 Å². The van der Waals surface area contributed by atoms with Gasteiger partial charge in [0.05, 0.1) is 29.1 Å². The van der Waals surface area contributed by atoms with Crippen molar-refractivity contribution in [3.63, 3.8) is 0 Å². The molecule has 0 spiro atoms. The molecule has 7 nitrogen and oxygen atoms in total. The molecule has 0 radical (unpaired) electrons. The van der Waals surface area contributed by atoms with Crippen LogP contribution in [0.1, 0.15) is 21.7 Å². The van der Waals surface area contributed by atoms with Crippen LogP contribution in [0, 0.1) is 12.7 Å². The van der Waals surface area contributed by atoms with Crippen LogP contribution in [0.5, 0.6) is 0 Å². The van der Waals surface area contributed by atoms with Gasteiger partial charge < -0.3 is 11.1 Å². The Balaban J connectivity index is 1.57. The van der Waals surface area contributed by atoms with Gasteiger partial charge in [0, 0.05) is 34.5 Å². The number of anilines is 1. The molecule has 35 heavy (non-hydrogen) atoms. The molecular formula is C27H21FN6O. The first-order valence-corrected chi connectivity index (χ1v) is 11.0. The fourth-order valence-corrected chi connectivity index (χ4v) is 3.82. The summed E-state index contributed by atoms with van der Waals surface area (Å²) in [4.78, 5) is 30.8. The number of hydrogen-bond donors (Lipinski definition) is 2. The van der Waals surface area contributed by atoms with E-state index in [4.69, 9.17) is 5.73 Å². The number of carbonyl (C=O) groups excluding carboxylic acids is 1. The number of rotatable bonds is 5. The van der Waals surface area contributed by atoms with Crippen molar-refractivity contribution in [1.82, 2.24) is 25.3 Å². The smallest absolute Gasteiger partial charge is 0.274 e. The zero-order chi connectivity index (χ0) is 24.4. The van der Waals surface area contributed by atoms with E-state index in [9.17, 15) is 9.18 Å². The minimum absolute atomic E-state index is 0.00326. The number of fused-ring (bicyclic) bond motifs is 1. The quantitative estimate of drug-likeness (QED) is 0.390. The van der Waals surface area contributed by atoms with Gasteiger partial charge in [0.1, 0.15) is 5.82 Å². The van der Waals surface area contributed by atoms with Crippen molar-refractivity contribution >= 4 is 22.6 Å². The molecule has 8 heteroatoms. The van der Waals surface area contributed by atoms with Crippen molar-refractivity contribution in [2.75, 3.05) is 5.73 Å². The first-order chi connectivity index (χ1) is 17.0. The molecule has 0 aliphatic rings. The van der Waals surface area contributed by atoms with E-state index in [0.717, 1.165) is 22.0 Å². The van der Waals surface area contributed by atoms with Gasteiger partial charge in [-0.15, -0.1) is 0 Å². The molecule has 172 valence electrons. The molecule has 0 atom stereocenters. The average Bonchev–Trinajstić information content (AvgIpc) is 2.89. The predicted octanol–water partition coefficient (Wildman–Crippen LogP) is 4.71. The second-order valence-electron chi connectivity index (χ2n) is 7.98. The largest absolute Gasteiger partial charge is 0.382 e. The number of nitrogens with two attached hydrogens (primary N) is 1. The number of pyridine rings is 2. The molecule has 0 aliphatic carbocycles. The summed E-state index contributed by atoms with van der Waals surface area (Å²) in [6.45, 7) is 1.64. The van der Waals surface area contributed by atoms with Gasteiger partial charge in [0.25, 0.3) is 5.91 Å². The van der Waals surface area contributed by atoms with Crippen LogP contribution in [0.25, 0.3) is 33.4 Å². The molecule has 2 aromatic carbocycles. The van der Waals surface area contributed by atoms with Gasteiger partial charge in [-0.1, -0.05) is 42.5 Å². The molecule has 0 saturated carbocycles. The normalized spacial score (nSPS) is 10.9. The highest BCUT2D eigenvalue weighted by molar-refractivity contribution is 5.98. The highest BCUT2D eigenvalue weighted by Crippen LogP contribution is 2.32. The number of aromatic nitrogens is 4. The molecule has 0 aliphatic heterocycles. The lowest BCUT2D eigenvalue weighted by molar-refractivity contribution is 0.0946. The molecule has 5 aromatic rings. The maximum absolute atomic E-state index is 13.8. The summed E-state index contributed by atoms with van der Waals surface area (Å²) in [5, 5.41) is 3.66. The highest BCUT2D eigenvalue weighted by Gasteiger charge is 2.20. The highest BCUT2D eigenvalue weighted by atomic mass is 19.1. The Bertz CT molecular complexity index is 1550. The third-order valence-corrected chi connectivity index (χ3v) is 5.72. The molecule has 3 aromatic heterocycles. The van der Waals surface area contributed by atoms with Crippen LogP contribution in [0.2, 0.25) is 0 Å². The van der Waals surface area contributed by atoms with Crippen molar-refractivity contribution < 1.29 is 9.18 Å². The van der Waals surface area contributed by atoms with E-state index >= 15 is 0 Å². The van der Waals surface area contributed by atoms with E-state index in [2.05, 4.69) is 25.3 Å². The molecule has 0 unspecified atom stereocenters. The lowest BCUT2D eigenvalue weighted by atomic mass is 10.0. The lowest BCUT2D eigenvalue weighted by Crippen LogP contribution is -2.26. The number of nitrogens with one attached hydrogen (secondary N) is 1. The van der Waals surface area contributed by atoms with Crippen molar-refractivity contribution in [3.8, 4) is 22.5 Å². The fraction of sp³-hybridized carbons (Fsp3) is 0.0741. The summed E-state index contributed by atoms with van der Waals surface area (Å²) >= 11 is 0. The summed E-state index contributed by atoms with van der Waals surface area (Å²) in [5.41, 5.74) is 10.5. The number of carbonyl (C=O) groups is 1. The molecule has 1 amide bonds. The van der Waals surface area contributed by atoms with Gasteiger partial charge in [-0.05, 0) is 31.2 Å². The van der Waals surface area contributed by atoms with Crippen LogP contribution in [0.15, 0.2) is 79.1 Å². The first kappa shape index (κ1) is 22.1. The summed E-state index contributed by atoms with van der Waals surface area (Å²) in [5.74, 6) is -0.913. The molecule has 5 rings (SSSR count). The third kappa shape index (κ3) is 4.41. The van der Waals surface area contributed by atoms with Gasteiger partial charge in [0.2, 0.25) is 0 Å². The maximum Gasteiger partial charge on any atom is 0.274 e. The van der Waals surface area contributed by atoms with Crippen LogP contribution in [0.3, 0.4) is 0 Å². The zero-order valence-electron chi connectivity index (χ0n) is 18.9. The predicted molar refractivity (Wildman–Crippen MR) is 133 cm³/mol. The summed E-state index contributed by atoms with van der Waals surface area (Å²) < 4.78 is 13.8. The van der Waals surface area contributed by atoms with E-state index in [0.29, 0.717) is 22.6 Å². The Morgan fingerprint density at radius 2 is 1.71 bits per heavy atom. The summed E-state index contributed by atoms with van der Waals surface area (Å²) in [7, 11) is 0. The molecule has 3 heterocycles. The number of halogens is 1. The van der Waals surface area contributed by atoms with Crippen molar-refractivity contribution in [1.29, 1.82) is 0 Å². The Labute approximate surface area is 200 Å². The minimum atomic E-state index is -0.524. The van der Waals surface area contributed by atoms with Crippen LogP contribution >= 0.6 is 0 Å². The maximum atomic E-state index is 13.8. The number of amides is 1. The van der Waals surface area contributed by atoms with Gasteiger partial charge in [-0.3, -0.25) is 14.8 Å². The van der Waals surface area contributed by atoms with Crippen LogP contribution < -0.4 is 11.1 Å². The number of nitrogen functional groups attached to an aromatic ring is 1. The zero-order valence-corrected chi connectivity index (χ0v) is 18.9. The topological polar surface area (TPSA) is 107 Å². The molecule has 0 saturated heterocycles. The Kier molecular flexibility index (Phi) is 5.85. The Morgan fingerprint density at radius 1 is 0.914 bits per heavy atom. The number of hydrogen-bond acceptors (Lipinski definition) is 6. The second kappa shape index (κ2) is 9.26. The van der Waals surface area contributed by atoms with Gasteiger partial charge in [0.15, 0.2) is 11.5 Å². The van der Waals surface area contributed by atoms with E-state index in [1.54, 1.807) is 13.1 Å². The van der Waals surface area contributed by atoms with Gasteiger partial charge in [-0.2, -0.15) is 0 Å². The lowest BCUT2D eigenvalue weighted by Gasteiger charge is -2.14. The Hall–Kier alpha value is -4.72. The van der Waals surface area contributed by atoms with Crippen molar-refractivity contribution in [2.45, 2.75) is 13.5 Å². The average molecular weight is 465 g/mol.